The number of amides is 1. The molecule has 0 fully saturated rings. The summed E-state index contributed by atoms with van der Waals surface area (Å²) in [4.78, 5) is 25.0. The number of benzene rings is 1. The topological polar surface area (TPSA) is 66.8 Å². The number of hydrogen-bond donors (Lipinski definition) is 1. The van der Waals surface area contributed by atoms with Crippen molar-refractivity contribution in [2.45, 2.75) is 39.2 Å². The first-order valence-corrected chi connectivity index (χ1v) is 6.53. The van der Waals surface area contributed by atoms with E-state index in [0.717, 1.165) is 5.56 Å². The number of hydrogen-bond acceptors (Lipinski definition) is 3. The molecule has 0 aliphatic carbocycles. The van der Waals surface area contributed by atoms with Gasteiger partial charge in [0, 0.05) is 6.54 Å². The molecule has 0 aromatic heterocycles. The van der Waals surface area contributed by atoms with Crippen LogP contribution in [-0.4, -0.2) is 29.3 Å². The van der Waals surface area contributed by atoms with E-state index in [2.05, 4.69) is 0 Å². The molecule has 1 unspecified atom stereocenters. The van der Waals surface area contributed by atoms with E-state index in [0.29, 0.717) is 11.3 Å². The van der Waals surface area contributed by atoms with Gasteiger partial charge >= 0.3 is 12.1 Å². The molecule has 1 heterocycles. The summed E-state index contributed by atoms with van der Waals surface area (Å²) in [6.45, 7) is 7.34. The lowest BCUT2D eigenvalue weighted by atomic mass is 10.00. The van der Waals surface area contributed by atoms with Gasteiger partial charge in [0.1, 0.15) is 11.5 Å². The normalized spacial score (nSPS) is 17.8. The van der Waals surface area contributed by atoms with Crippen LogP contribution in [0.2, 0.25) is 0 Å². The average Bonchev–Trinajstić information content (AvgIpc) is 2.67. The molecular formula is C15H19NO4. The minimum Gasteiger partial charge on any atom is -0.481 e. The van der Waals surface area contributed by atoms with Crippen molar-refractivity contribution in [1.29, 1.82) is 0 Å². The third-order valence-electron chi connectivity index (χ3n) is 3.19. The van der Waals surface area contributed by atoms with Gasteiger partial charge in [0.2, 0.25) is 0 Å². The summed E-state index contributed by atoms with van der Waals surface area (Å²) in [7, 11) is 0. The fraction of sp³-hybridized carbons (Fsp3) is 0.467. The van der Waals surface area contributed by atoms with Crippen molar-refractivity contribution in [2.75, 3.05) is 11.4 Å². The van der Waals surface area contributed by atoms with E-state index >= 15 is 0 Å². The van der Waals surface area contributed by atoms with Crippen LogP contribution in [-0.2, 0) is 9.53 Å². The van der Waals surface area contributed by atoms with Crippen molar-refractivity contribution in [3.63, 3.8) is 0 Å². The van der Waals surface area contributed by atoms with E-state index in [-0.39, 0.29) is 6.54 Å². The molecule has 0 saturated carbocycles. The van der Waals surface area contributed by atoms with Gasteiger partial charge in [-0.1, -0.05) is 18.2 Å². The third kappa shape index (κ3) is 2.61. The lowest BCUT2D eigenvalue weighted by molar-refractivity contribution is -0.138. The lowest BCUT2D eigenvalue weighted by Crippen LogP contribution is -2.37. The van der Waals surface area contributed by atoms with Crippen LogP contribution in [0.15, 0.2) is 18.2 Å². The van der Waals surface area contributed by atoms with E-state index < -0.39 is 23.6 Å². The first kappa shape index (κ1) is 14.4. The van der Waals surface area contributed by atoms with E-state index in [9.17, 15) is 14.7 Å². The first-order chi connectivity index (χ1) is 9.20. The number of carbonyl (C=O) groups excluding carboxylic acids is 1. The largest absolute Gasteiger partial charge is 0.481 e. The van der Waals surface area contributed by atoms with Crippen molar-refractivity contribution >= 4 is 17.7 Å². The number of para-hydroxylation sites is 1. The highest BCUT2D eigenvalue weighted by Gasteiger charge is 2.39. The predicted octanol–water partition coefficient (Wildman–Crippen LogP) is 2.92. The van der Waals surface area contributed by atoms with Crippen molar-refractivity contribution in [1.82, 2.24) is 0 Å². The van der Waals surface area contributed by atoms with Gasteiger partial charge in [-0.3, -0.25) is 9.69 Å². The number of rotatable bonds is 1. The van der Waals surface area contributed by atoms with Crippen molar-refractivity contribution in [3.05, 3.63) is 29.3 Å². The number of carboxylic acid groups (broad SMARTS) is 1. The van der Waals surface area contributed by atoms with E-state index in [1.54, 1.807) is 26.8 Å². The molecule has 5 nitrogen and oxygen atoms in total. The van der Waals surface area contributed by atoms with E-state index in [4.69, 9.17) is 4.74 Å². The number of ether oxygens (including phenoxy) is 1. The van der Waals surface area contributed by atoms with Gasteiger partial charge in [-0.15, -0.1) is 0 Å². The molecule has 20 heavy (non-hydrogen) atoms. The van der Waals surface area contributed by atoms with Gasteiger partial charge in [-0.05, 0) is 38.8 Å². The highest BCUT2D eigenvalue weighted by atomic mass is 16.6. The first-order valence-electron chi connectivity index (χ1n) is 6.53. The average molecular weight is 277 g/mol. The molecule has 1 aromatic carbocycles. The predicted molar refractivity (Wildman–Crippen MR) is 75.1 cm³/mol. The van der Waals surface area contributed by atoms with Gasteiger partial charge in [0.05, 0.1) is 5.69 Å². The fourth-order valence-electron chi connectivity index (χ4n) is 2.40. The van der Waals surface area contributed by atoms with E-state index in [1.807, 2.05) is 19.1 Å². The van der Waals surface area contributed by atoms with E-state index in [1.165, 1.54) is 4.90 Å². The Morgan fingerprint density at radius 1 is 1.35 bits per heavy atom. The summed E-state index contributed by atoms with van der Waals surface area (Å²) in [5.41, 5.74) is 1.59. The van der Waals surface area contributed by atoms with Crippen LogP contribution in [0.5, 0.6) is 0 Å². The zero-order chi connectivity index (χ0) is 15.1. The summed E-state index contributed by atoms with van der Waals surface area (Å²) in [6, 6.07) is 5.43. The number of fused-ring (bicyclic) bond motifs is 1. The van der Waals surface area contributed by atoms with Crippen LogP contribution in [0, 0.1) is 6.92 Å². The van der Waals surface area contributed by atoms with Crippen molar-refractivity contribution < 1.29 is 19.4 Å². The van der Waals surface area contributed by atoms with Gasteiger partial charge < -0.3 is 9.84 Å². The third-order valence-corrected chi connectivity index (χ3v) is 3.19. The molecule has 1 atom stereocenters. The molecule has 108 valence electrons. The van der Waals surface area contributed by atoms with Gasteiger partial charge in [0.25, 0.3) is 0 Å². The molecule has 1 amide bonds. The fourth-order valence-corrected chi connectivity index (χ4v) is 2.40. The zero-order valence-electron chi connectivity index (χ0n) is 12.1. The Hall–Kier alpha value is -2.04. The molecule has 1 aliphatic heterocycles. The number of aliphatic carboxylic acids is 1. The van der Waals surface area contributed by atoms with Gasteiger partial charge in [-0.2, -0.15) is 0 Å². The van der Waals surface area contributed by atoms with Crippen LogP contribution in [0.4, 0.5) is 10.5 Å². The number of carbonyl (C=O) groups is 2. The zero-order valence-corrected chi connectivity index (χ0v) is 12.1. The molecule has 1 aliphatic rings. The van der Waals surface area contributed by atoms with Crippen molar-refractivity contribution in [2.24, 2.45) is 0 Å². The molecule has 0 radical (unpaired) electrons. The molecule has 2 rings (SSSR count). The van der Waals surface area contributed by atoms with Crippen LogP contribution in [0.3, 0.4) is 0 Å². The Morgan fingerprint density at radius 3 is 2.55 bits per heavy atom. The summed E-state index contributed by atoms with van der Waals surface area (Å²) in [5.74, 6) is -1.62. The summed E-state index contributed by atoms with van der Waals surface area (Å²) in [5, 5.41) is 9.30. The summed E-state index contributed by atoms with van der Waals surface area (Å²) >= 11 is 0. The van der Waals surface area contributed by atoms with Gasteiger partial charge in [0.15, 0.2) is 0 Å². The van der Waals surface area contributed by atoms with Crippen LogP contribution < -0.4 is 4.90 Å². The number of carboxylic acids is 1. The smallest absolute Gasteiger partial charge is 0.414 e. The summed E-state index contributed by atoms with van der Waals surface area (Å²) in [6.07, 6.45) is -0.503. The molecule has 1 aromatic rings. The van der Waals surface area contributed by atoms with Crippen LogP contribution in [0.1, 0.15) is 37.8 Å². The summed E-state index contributed by atoms with van der Waals surface area (Å²) < 4.78 is 5.36. The Bertz CT molecular complexity index is 559. The highest BCUT2D eigenvalue weighted by molar-refractivity contribution is 5.96. The minimum absolute atomic E-state index is 0.116. The Morgan fingerprint density at radius 2 is 2.00 bits per heavy atom. The number of nitrogens with zero attached hydrogens (tertiary/aromatic N) is 1. The maximum Gasteiger partial charge on any atom is 0.414 e. The Kier molecular flexibility index (Phi) is 3.46. The second-order valence-electron chi connectivity index (χ2n) is 5.99. The SMILES string of the molecule is Cc1cccc2c1N(C(=O)OC(C)(C)C)CC2C(=O)O. The maximum atomic E-state index is 12.3. The van der Waals surface area contributed by atoms with Crippen molar-refractivity contribution in [3.8, 4) is 0 Å². The molecule has 1 N–H and O–H groups in total. The minimum atomic E-state index is -0.928. The Balaban J connectivity index is 2.39. The maximum absolute atomic E-state index is 12.3. The van der Waals surface area contributed by atoms with Crippen LogP contribution >= 0.6 is 0 Å². The molecular weight excluding hydrogens is 258 g/mol. The molecule has 0 spiro atoms. The Labute approximate surface area is 118 Å². The standard InChI is InChI=1S/C15H19NO4/c1-9-6-5-7-10-11(13(17)18)8-16(12(9)10)14(19)20-15(2,3)4/h5-7,11H,8H2,1-4H3,(H,17,18). The highest BCUT2D eigenvalue weighted by Crippen LogP contribution is 2.39. The monoisotopic (exact) mass is 277 g/mol. The lowest BCUT2D eigenvalue weighted by Gasteiger charge is -2.25. The van der Waals surface area contributed by atoms with Crippen LogP contribution in [0.25, 0.3) is 0 Å². The second kappa shape index (κ2) is 4.81. The molecule has 5 heteroatoms. The molecule has 0 bridgehead atoms. The number of anilines is 1. The quantitative estimate of drug-likeness (QED) is 0.857. The second-order valence-corrected chi connectivity index (χ2v) is 5.99. The van der Waals surface area contributed by atoms with Gasteiger partial charge in [-0.25, -0.2) is 4.79 Å². The number of aryl methyl sites for hydroxylation is 1. The molecule has 0 saturated heterocycles.